The molecule has 4 nitrogen and oxygen atoms in total. The lowest BCUT2D eigenvalue weighted by Gasteiger charge is -2.33. The fourth-order valence-corrected chi connectivity index (χ4v) is 2.79. The summed E-state index contributed by atoms with van der Waals surface area (Å²) in [5.41, 5.74) is 7.96. The summed E-state index contributed by atoms with van der Waals surface area (Å²) < 4.78 is 5.43. The molecule has 1 aromatic rings. The van der Waals surface area contributed by atoms with Gasteiger partial charge in [0.1, 0.15) is 5.60 Å². The van der Waals surface area contributed by atoms with E-state index in [1.165, 1.54) is 5.56 Å². The van der Waals surface area contributed by atoms with Crippen molar-refractivity contribution < 1.29 is 9.53 Å². The van der Waals surface area contributed by atoms with Crippen LogP contribution in [0.2, 0.25) is 0 Å². The third-order valence-corrected chi connectivity index (χ3v) is 4.08. The van der Waals surface area contributed by atoms with Crippen molar-refractivity contribution in [1.29, 1.82) is 0 Å². The summed E-state index contributed by atoms with van der Waals surface area (Å²) in [6, 6.07) is 8.64. The normalized spacial score (nSPS) is 18.1. The molecule has 0 radical (unpaired) electrons. The number of carbonyl (C=O) groups is 1. The number of hydrogen-bond acceptors (Lipinski definition) is 3. The van der Waals surface area contributed by atoms with Gasteiger partial charge in [0.05, 0.1) is 0 Å². The van der Waals surface area contributed by atoms with E-state index in [2.05, 4.69) is 24.3 Å². The Hall–Kier alpha value is -1.55. The Balaban J connectivity index is 1.90. The number of piperidine rings is 1. The molecule has 1 saturated heterocycles. The molecule has 0 spiro atoms. The third kappa shape index (κ3) is 4.47. The van der Waals surface area contributed by atoms with Gasteiger partial charge < -0.3 is 15.4 Å². The van der Waals surface area contributed by atoms with Crippen LogP contribution in [0.5, 0.6) is 0 Å². The van der Waals surface area contributed by atoms with E-state index in [0.717, 1.165) is 31.5 Å². The summed E-state index contributed by atoms with van der Waals surface area (Å²) in [6.45, 7) is 9.21. The Morgan fingerprint density at radius 2 is 1.77 bits per heavy atom. The molecule has 1 heterocycles. The number of carbonyl (C=O) groups excluding carboxylic acids is 1. The summed E-state index contributed by atoms with van der Waals surface area (Å²) in [4.78, 5) is 13.9. The molecule has 22 heavy (non-hydrogen) atoms. The molecule has 1 aliphatic heterocycles. The average Bonchev–Trinajstić information content (AvgIpc) is 2.46. The Kier molecular flexibility index (Phi) is 5.12. The second-order valence-electron chi connectivity index (χ2n) is 7.20. The molecular formula is C18H28N2O2. The summed E-state index contributed by atoms with van der Waals surface area (Å²) in [6.07, 6.45) is 1.77. The zero-order chi connectivity index (χ0) is 16.3. The van der Waals surface area contributed by atoms with E-state index < -0.39 is 5.60 Å². The average molecular weight is 304 g/mol. The van der Waals surface area contributed by atoms with Crippen LogP contribution in [0.4, 0.5) is 4.79 Å². The number of rotatable bonds is 2. The van der Waals surface area contributed by atoms with Crippen molar-refractivity contribution in [3.05, 3.63) is 35.4 Å². The van der Waals surface area contributed by atoms with Crippen LogP contribution in [0.1, 0.15) is 63.6 Å². The fraction of sp³-hybridized carbons (Fsp3) is 0.611. The van der Waals surface area contributed by atoms with E-state index in [1.54, 1.807) is 0 Å². The van der Waals surface area contributed by atoms with E-state index in [4.69, 9.17) is 10.5 Å². The highest BCUT2D eigenvalue weighted by molar-refractivity contribution is 5.68. The summed E-state index contributed by atoms with van der Waals surface area (Å²) >= 11 is 0. The van der Waals surface area contributed by atoms with Crippen LogP contribution >= 0.6 is 0 Å². The van der Waals surface area contributed by atoms with Gasteiger partial charge in [-0.1, -0.05) is 24.3 Å². The van der Waals surface area contributed by atoms with Crippen LogP contribution in [0.3, 0.4) is 0 Å². The van der Waals surface area contributed by atoms with Crippen molar-refractivity contribution in [3.8, 4) is 0 Å². The highest BCUT2D eigenvalue weighted by atomic mass is 16.6. The monoisotopic (exact) mass is 304 g/mol. The lowest BCUT2D eigenvalue weighted by atomic mass is 9.89. The maximum atomic E-state index is 12.1. The number of ether oxygens (including phenoxy) is 1. The third-order valence-electron chi connectivity index (χ3n) is 4.08. The molecule has 0 aliphatic carbocycles. The number of hydrogen-bond donors (Lipinski definition) is 1. The molecule has 1 aromatic carbocycles. The van der Waals surface area contributed by atoms with Crippen LogP contribution < -0.4 is 5.73 Å². The molecule has 4 heteroatoms. The molecule has 122 valence electrons. The second kappa shape index (κ2) is 6.69. The predicted molar refractivity (Wildman–Crippen MR) is 88.8 cm³/mol. The maximum Gasteiger partial charge on any atom is 0.410 e. The molecule has 1 fully saturated rings. The minimum atomic E-state index is -0.428. The molecule has 1 amide bonds. The first-order valence-corrected chi connectivity index (χ1v) is 8.09. The first-order chi connectivity index (χ1) is 10.3. The van der Waals surface area contributed by atoms with E-state index in [9.17, 15) is 4.79 Å². The van der Waals surface area contributed by atoms with E-state index in [0.29, 0.717) is 5.92 Å². The van der Waals surface area contributed by atoms with Gasteiger partial charge in [0, 0.05) is 19.1 Å². The van der Waals surface area contributed by atoms with Crippen LogP contribution in [-0.2, 0) is 4.74 Å². The Labute approximate surface area is 133 Å². The molecule has 1 aliphatic rings. The van der Waals surface area contributed by atoms with Gasteiger partial charge >= 0.3 is 6.09 Å². The maximum absolute atomic E-state index is 12.1. The van der Waals surface area contributed by atoms with Crippen LogP contribution in [0, 0.1) is 0 Å². The molecular weight excluding hydrogens is 276 g/mol. The van der Waals surface area contributed by atoms with Crippen molar-refractivity contribution >= 4 is 6.09 Å². The predicted octanol–water partition coefficient (Wildman–Crippen LogP) is 3.82. The van der Waals surface area contributed by atoms with Crippen molar-refractivity contribution in [2.75, 3.05) is 13.1 Å². The first-order valence-electron chi connectivity index (χ1n) is 8.09. The van der Waals surface area contributed by atoms with Gasteiger partial charge in [-0.2, -0.15) is 0 Å². The quantitative estimate of drug-likeness (QED) is 0.903. The molecule has 2 rings (SSSR count). The standard InChI is InChI=1S/C18H28N2O2/c1-13(19)14-5-7-15(8-6-14)16-9-11-20(12-10-16)17(21)22-18(2,3)4/h5-8,13,16H,9-12,19H2,1-4H3. The van der Waals surface area contributed by atoms with Crippen LogP contribution in [0.25, 0.3) is 0 Å². The lowest BCUT2D eigenvalue weighted by Crippen LogP contribution is -2.41. The van der Waals surface area contributed by atoms with Crippen molar-refractivity contribution in [3.63, 3.8) is 0 Å². The molecule has 1 unspecified atom stereocenters. The van der Waals surface area contributed by atoms with Crippen molar-refractivity contribution in [2.24, 2.45) is 5.73 Å². The van der Waals surface area contributed by atoms with Gasteiger partial charge in [0.15, 0.2) is 0 Å². The largest absolute Gasteiger partial charge is 0.444 e. The highest BCUT2D eigenvalue weighted by Gasteiger charge is 2.27. The molecule has 2 N–H and O–H groups in total. The van der Waals surface area contributed by atoms with Crippen LogP contribution in [0.15, 0.2) is 24.3 Å². The summed E-state index contributed by atoms with van der Waals surface area (Å²) in [5, 5.41) is 0. The number of amides is 1. The lowest BCUT2D eigenvalue weighted by molar-refractivity contribution is 0.0205. The Morgan fingerprint density at radius 1 is 1.23 bits per heavy atom. The van der Waals surface area contributed by atoms with Gasteiger partial charge in [-0.25, -0.2) is 4.79 Å². The van der Waals surface area contributed by atoms with Gasteiger partial charge in [-0.3, -0.25) is 0 Å². The second-order valence-corrected chi connectivity index (χ2v) is 7.20. The van der Waals surface area contributed by atoms with E-state index in [1.807, 2.05) is 32.6 Å². The molecule has 0 saturated carbocycles. The Bertz CT molecular complexity index is 495. The fourth-order valence-electron chi connectivity index (χ4n) is 2.79. The zero-order valence-corrected chi connectivity index (χ0v) is 14.1. The summed E-state index contributed by atoms with van der Waals surface area (Å²) in [5.74, 6) is 0.515. The van der Waals surface area contributed by atoms with E-state index in [-0.39, 0.29) is 12.1 Å². The topological polar surface area (TPSA) is 55.6 Å². The molecule has 0 bridgehead atoms. The van der Waals surface area contributed by atoms with Gasteiger partial charge in [-0.15, -0.1) is 0 Å². The molecule has 1 atom stereocenters. The van der Waals surface area contributed by atoms with E-state index >= 15 is 0 Å². The minimum absolute atomic E-state index is 0.0723. The van der Waals surface area contributed by atoms with Gasteiger partial charge in [0.25, 0.3) is 0 Å². The zero-order valence-electron chi connectivity index (χ0n) is 14.1. The van der Waals surface area contributed by atoms with Crippen molar-refractivity contribution in [2.45, 2.75) is 58.1 Å². The van der Waals surface area contributed by atoms with Gasteiger partial charge in [-0.05, 0) is 57.6 Å². The smallest absolute Gasteiger partial charge is 0.410 e. The molecule has 0 aromatic heterocycles. The summed E-state index contributed by atoms with van der Waals surface area (Å²) in [7, 11) is 0. The number of benzene rings is 1. The Morgan fingerprint density at radius 3 is 2.23 bits per heavy atom. The number of nitrogens with two attached hydrogens (primary N) is 1. The first kappa shape index (κ1) is 16.8. The number of nitrogens with zero attached hydrogens (tertiary/aromatic N) is 1. The van der Waals surface area contributed by atoms with Gasteiger partial charge in [0.2, 0.25) is 0 Å². The SMILES string of the molecule is CC(N)c1ccc(C2CCN(C(=O)OC(C)(C)C)CC2)cc1. The highest BCUT2D eigenvalue weighted by Crippen LogP contribution is 2.29. The minimum Gasteiger partial charge on any atom is -0.444 e. The van der Waals surface area contributed by atoms with Crippen molar-refractivity contribution in [1.82, 2.24) is 4.90 Å². The van der Waals surface area contributed by atoms with Crippen LogP contribution in [-0.4, -0.2) is 29.7 Å². The number of likely N-dealkylation sites (tertiary alicyclic amines) is 1.